The van der Waals surface area contributed by atoms with Gasteiger partial charge in [-0.05, 0) is 30.2 Å². The van der Waals surface area contributed by atoms with Crippen LogP contribution >= 0.6 is 11.6 Å². The van der Waals surface area contributed by atoms with Gasteiger partial charge in [0.2, 0.25) is 5.88 Å². The van der Waals surface area contributed by atoms with E-state index in [1.165, 1.54) is 0 Å². The summed E-state index contributed by atoms with van der Waals surface area (Å²) in [6.45, 7) is 2.11. The Morgan fingerprint density at radius 3 is 2.75 bits per heavy atom. The number of nitrogens with zero attached hydrogens (tertiary/aromatic N) is 2. The lowest BCUT2D eigenvalue weighted by Crippen LogP contribution is -1.94. The Labute approximate surface area is 122 Å². The molecule has 0 fully saturated rings. The van der Waals surface area contributed by atoms with E-state index in [9.17, 15) is 0 Å². The van der Waals surface area contributed by atoms with Crippen LogP contribution in [0.15, 0.2) is 48.7 Å². The molecule has 3 rings (SSSR count). The predicted molar refractivity (Wildman–Crippen MR) is 80.6 cm³/mol. The van der Waals surface area contributed by atoms with Gasteiger partial charge in [-0.1, -0.05) is 31.2 Å². The lowest BCUT2D eigenvalue weighted by atomic mass is 10.1. The highest BCUT2D eigenvalue weighted by Gasteiger charge is 2.14. The summed E-state index contributed by atoms with van der Waals surface area (Å²) in [4.78, 5) is 4.51. The molecule has 4 heteroatoms. The topological polar surface area (TPSA) is 26.5 Å². The molecule has 0 saturated carbocycles. The van der Waals surface area contributed by atoms with E-state index in [1.807, 2.05) is 47.0 Å². The second kappa shape index (κ2) is 5.55. The lowest BCUT2D eigenvalue weighted by Gasteiger charge is -2.08. The van der Waals surface area contributed by atoms with E-state index in [0.29, 0.717) is 11.8 Å². The Morgan fingerprint density at radius 1 is 1.15 bits per heavy atom. The minimum Gasteiger partial charge on any atom is -0.437 e. The fourth-order valence-corrected chi connectivity index (χ4v) is 2.47. The van der Waals surface area contributed by atoms with E-state index < -0.39 is 0 Å². The smallest absolute Gasteiger partial charge is 0.242 e. The number of aryl methyl sites for hydroxylation is 1. The normalized spacial score (nSPS) is 10.9. The Kier molecular flexibility index (Phi) is 3.61. The summed E-state index contributed by atoms with van der Waals surface area (Å²) < 4.78 is 7.95. The van der Waals surface area contributed by atoms with Crippen molar-refractivity contribution in [2.45, 2.75) is 19.2 Å². The zero-order valence-corrected chi connectivity index (χ0v) is 12.0. The van der Waals surface area contributed by atoms with Gasteiger partial charge >= 0.3 is 0 Å². The first-order valence-electron chi connectivity index (χ1n) is 6.61. The molecule has 3 nitrogen and oxygen atoms in total. The van der Waals surface area contributed by atoms with Crippen molar-refractivity contribution in [2.24, 2.45) is 0 Å². The third-order valence-electron chi connectivity index (χ3n) is 3.28. The highest BCUT2D eigenvalue weighted by atomic mass is 35.5. The Hall–Kier alpha value is -2.00. The van der Waals surface area contributed by atoms with Crippen molar-refractivity contribution in [1.82, 2.24) is 9.38 Å². The van der Waals surface area contributed by atoms with Gasteiger partial charge in [0.15, 0.2) is 0 Å². The average molecular weight is 287 g/mol. The average Bonchev–Trinajstić information content (AvgIpc) is 2.85. The van der Waals surface area contributed by atoms with Gasteiger partial charge in [0.05, 0.1) is 5.88 Å². The Balaban J connectivity index is 2.06. The van der Waals surface area contributed by atoms with Crippen LogP contribution in [0.4, 0.5) is 0 Å². The summed E-state index contributed by atoms with van der Waals surface area (Å²) in [6, 6.07) is 13.8. The number of hydrogen-bond acceptors (Lipinski definition) is 2. The van der Waals surface area contributed by atoms with E-state index in [-0.39, 0.29) is 0 Å². The van der Waals surface area contributed by atoms with Gasteiger partial charge in [0.1, 0.15) is 17.1 Å². The molecule has 3 aromatic rings. The second-order valence-electron chi connectivity index (χ2n) is 4.49. The summed E-state index contributed by atoms with van der Waals surface area (Å²) in [5.74, 6) is 1.77. The minimum absolute atomic E-state index is 0.356. The fourth-order valence-electron chi connectivity index (χ4n) is 2.23. The van der Waals surface area contributed by atoms with E-state index in [4.69, 9.17) is 16.3 Å². The number of alkyl halides is 1. The van der Waals surface area contributed by atoms with E-state index in [2.05, 4.69) is 18.0 Å². The lowest BCUT2D eigenvalue weighted by molar-refractivity contribution is 0.456. The van der Waals surface area contributed by atoms with E-state index in [1.54, 1.807) is 0 Å². The summed E-state index contributed by atoms with van der Waals surface area (Å²) >= 11 is 6.05. The number of halogens is 1. The van der Waals surface area contributed by atoms with Crippen LogP contribution in [0, 0.1) is 0 Å². The molecule has 0 bridgehead atoms. The van der Waals surface area contributed by atoms with Gasteiger partial charge in [0, 0.05) is 6.20 Å². The van der Waals surface area contributed by atoms with Crippen LogP contribution in [0.5, 0.6) is 11.6 Å². The second-order valence-corrected chi connectivity index (χ2v) is 4.76. The molecule has 20 heavy (non-hydrogen) atoms. The maximum absolute atomic E-state index is 6.05. The third-order valence-corrected chi connectivity index (χ3v) is 3.53. The zero-order chi connectivity index (χ0) is 13.9. The first-order valence-corrected chi connectivity index (χ1v) is 7.14. The van der Waals surface area contributed by atoms with Crippen LogP contribution in [0.25, 0.3) is 5.65 Å². The number of para-hydroxylation sites is 1. The van der Waals surface area contributed by atoms with Gasteiger partial charge in [-0.15, -0.1) is 11.6 Å². The van der Waals surface area contributed by atoms with Crippen LogP contribution in [0.1, 0.15) is 18.2 Å². The highest BCUT2D eigenvalue weighted by molar-refractivity contribution is 6.17. The van der Waals surface area contributed by atoms with Gasteiger partial charge in [-0.2, -0.15) is 4.98 Å². The summed E-state index contributed by atoms with van der Waals surface area (Å²) in [6.07, 6.45) is 2.86. The molecule has 0 atom stereocenters. The van der Waals surface area contributed by atoms with Crippen molar-refractivity contribution >= 4 is 17.2 Å². The summed E-state index contributed by atoms with van der Waals surface area (Å²) in [7, 11) is 0. The molecule has 102 valence electrons. The van der Waals surface area contributed by atoms with Gasteiger partial charge < -0.3 is 4.74 Å². The Morgan fingerprint density at radius 2 is 1.95 bits per heavy atom. The number of aromatic nitrogens is 2. The summed E-state index contributed by atoms with van der Waals surface area (Å²) in [5.41, 5.74) is 2.87. The van der Waals surface area contributed by atoms with Crippen molar-refractivity contribution in [2.75, 3.05) is 0 Å². The van der Waals surface area contributed by atoms with Crippen molar-refractivity contribution in [1.29, 1.82) is 0 Å². The van der Waals surface area contributed by atoms with Crippen molar-refractivity contribution < 1.29 is 4.74 Å². The van der Waals surface area contributed by atoms with Crippen molar-refractivity contribution in [3.05, 3.63) is 59.9 Å². The van der Waals surface area contributed by atoms with Crippen LogP contribution in [0.2, 0.25) is 0 Å². The maximum atomic E-state index is 6.05. The van der Waals surface area contributed by atoms with Crippen LogP contribution < -0.4 is 4.74 Å². The quantitative estimate of drug-likeness (QED) is 0.663. The molecular formula is C16H15ClN2O. The number of hydrogen-bond donors (Lipinski definition) is 0. The molecule has 0 aliphatic heterocycles. The first kappa shape index (κ1) is 13.0. The third kappa shape index (κ3) is 2.25. The largest absolute Gasteiger partial charge is 0.437 e. The van der Waals surface area contributed by atoms with Gasteiger partial charge in [0.25, 0.3) is 0 Å². The first-order chi connectivity index (χ1) is 9.83. The molecule has 0 spiro atoms. The molecule has 0 unspecified atom stereocenters. The number of imidazole rings is 1. The minimum atomic E-state index is 0.356. The molecule has 0 radical (unpaired) electrons. The number of benzene rings is 1. The molecule has 0 aliphatic rings. The standard InChI is InChI=1S/C16H15ClN2O/c1-2-12-7-3-4-8-14(12)20-16-13(11-17)19-10-6-5-9-15(19)18-16/h3-10H,2,11H2,1H3. The van der Waals surface area contributed by atoms with Crippen LogP contribution in [-0.4, -0.2) is 9.38 Å². The SMILES string of the molecule is CCc1ccccc1Oc1nc2ccccn2c1CCl. The molecule has 2 aromatic heterocycles. The Bertz CT molecular complexity index is 736. The molecule has 0 N–H and O–H groups in total. The molecule has 1 aromatic carbocycles. The van der Waals surface area contributed by atoms with Crippen molar-refractivity contribution in [3.63, 3.8) is 0 Å². The highest BCUT2D eigenvalue weighted by Crippen LogP contribution is 2.29. The number of pyridine rings is 1. The number of fused-ring (bicyclic) bond motifs is 1. The molecule has 0 saturated heterocycles. The monoisotopic (exact) mass is 286 g/mol. The molecule has 2 heterocycles. The maximum Gasteiger partial charge on any atom is 0.242 e. The van der Waals surface area contributed by atoms with E-state index >= 15 is 0 Å². The number of ether oxygens (including phenoxy) is 1. The molecule has 0 amide bonds. The zero-order valence-electron chi connectivity index (χ0n) is 11.2. The molecule has 0 aliphatic carbocycles. The fraction of sp³-hybridized carbons (Fsp3) is 0.188. The van der Waals surface area contributed by atoms with Crippen molar-refractivity contribution in [3.8, 4) is 11.6 Å². The van der Waals surface area contributed by atoms with Gasteiger partial charge in [-0.3, -0.25) is 4.40 Å². The predicted octanol–water partition coefficient (Wildman–Crippen LogP) is 4.43. The van der Waals surface area contributed by atoms with Gasteiger partial charge in [-0.25, -0.2) is 0 Å². The van der Waals surface area contributed by atoms with Crippen LogP contribution in [-0.2, 0) is 12.3 Å². The van der Waals surface area contributed by atoms with Crippen LogP contribution in [0.3, 0.4) is 0 Å². The van der Waals surface area contributed by atoms with E-state index in [0.717, 1.165) is 29.1 Å². The summed E-state index contributed by atoms with van der Waals surface area (Å²) in [5, 5.41) is 0. The number of rotatable bonds is 4. The molecular weight excluding hydrogens is 272 g/mol.